The summed E-state index contributed by atoms with van der Waals surface area (Å²) >= 11 is 0. The number of aliphatic carboxylic acids is 1. The summed E-state index contributed by atoms with van der Waals surface area (Å²) in [6, 6.07) is 7.21. The van der Waals surface area contributed by atoms with Gasteiger partial charge in [0.05, 0.1) is 25.2 Å². The molecule has 2 aliphatic rings. The topological polar surface area (TPSA) is 102 Å². The molecule has 1 amide bonds. The highest BCUT2D eigenvalue weighted by atomic mass is 19.4. The van der Waals surface area contributed by atoms with Crippen LogP contribution in [0.1, 0.15) is 29.8 Å². The first-order chi connectivity index (χ1) is 15.2. The standard InChI is InChI=1S/C19H22N2O4.C2HF3O2/c22-18(16-5-2-10-23-16)21-9-6-17-19(13-21,7-3-11-24-17)14-25-15-4-1-8-20-12-15;3-2(4,5)1(6)7/h1-2,4-5,8,10,12,17H,3,6-7,9,11,13-14H2;(H,6,7). The number of piperidine rings is 1. The number of carbonyl (C=O) groups is 2. The predicted molar refractivity (Wildman–Crippen MR) is 104 cm³/mol. The van der Waals surface area contributed by atoms with Crippen molar-refractivity contribution < 1.29 is 41.8 Å². The SMILES string of the molecule is O=C(O)C(F)(F)F.O=C(c1ccco1)N1CCC2OCCCC2(COc2cccnc2)C1. The number of amides is 1. The first-order valence-electron chi connectivity index (χ1n) is 9.99. The Labute approximate surface area is 181 Å². The van der Waals surface area contributed by atoms with E-state index in [9.17, 15) is 18.0 Å². The number of furan rings is 1. The monoisotopic (exact) mass is 456 g/mol. The first-order valence-corrected chi connectivity index (χ1v) is 9.99. The number of halogens is 3. The van der Waals surface area contributed by atoms with Crippen molar-refractivity contribution >= 4 is 11.9 Å². The van der Waals surface area contributed by atoms with Crippen molar-refractivity contribution in [1.29, 1.82) is 0 Å². The molecule has 4 rings (SSSR count). The van der Waals surface area contributed by atoms with Gasteiger partial charge in [0.2, 0.25) is 0 Å². The molecule has 2 saturated heterocycles. The average molecular weight is 456 g/mol. The van der Waals surface area contributed by atoms with Gasteiger partial charge < -0.3 is 23.9 Å². The van der Waals surface area contributed by atoms with Gasteiger partial charge in [-0.3, -0.25) is 9.78 Å². The Hall–Kier alpha value is -3.08. The smallest absolute Gasteiger partial charge is 0.490 e. The third-order valence-corrected chi connectivity index (χ3v) is 5.41. The zero-order valence-corrected chi connectivity index (χ0v) is 17.1. The second kappa shape index (κ2) is 10.0. The molecule has 0 spiro atoms. The van der Waals surface area contributed by atoms with Crippen molar-refractivity contribution in [1.82, 2.24) is 9.88 Å². The molecule has 2 aromatic rings. The van der Waals surface area contributed by atoms with Gasteiger partial charge in [0, 0.05) is 31.3 Å². The van der Waals surface area contributed by atoms with Gasteiger partial charge in [-0.15, -0.1) is 0 Å². The van der Waals surface area contributed by atoms with Gasteiger partial charge in [0.1, 0.15) is 5.75 Å². The number of alkyl halides is 3. The molecule has 0 radical (unpaired) electrons. The fourth-order valence-electron chi connectivity index (χ4n) is 3.89. The first kappa shape index (κ1) is 23.6. The number of carboxylic acids is 1. The third kappa shape index (κ3) is 5.78. The molecule has 32 heavy (non-hydrogen) atoms. The van der Waals surface area contributed by atoms with Gasteiger partial charge in [-0.2, -0.15) is 13.2 Å². The minimum atomic E-state index is -5.08. The molecular formula is C21H23F3N2O6. The summed E-state index contributed by atoms with van der Waals surface area (Å²) in [5.41, 5.74) is -0.186. The second-order valence-corrected chi connectivity index (χ2v) is 7.60. The highest BCUT2D eigenvalue weighted by Gasteiger charge is 2.48. The summed E-state index contributed by atoms with van der Waals surface area (Å²) in [6.07, 6.45) is 2.80. The van der Waals surface area contributed by atoms with Crippen LogP contribution < -0.4 is 4.74 Å². The van der Waals surface area contributed by atoms with Crippen molar-refractivity contribution in [3.63, 3.8) is 0 Å². The lowest BCUT2D eigenvalue weighted by Crippen LogP contribution is -2.58. The number of ether oxygens (including phenoxy) is 2. The molecule has 1 N–H and O–H groups in total. The minimum absolute atomic E-state index is 0.0604. The van der Waals surface area contributed by atoms with Crippen LogP contribution in [-0.2, 0) is 9.53 Å². The molecule has 2 atom stereocenters. The van der Waals surface area contributed by atoms with E-state index in [0.717, 1.165) is 31.6 Å². The Bertz CT molecular complexity index is 891. The molecule has 0 aliphatic carbocycles. The van der Waals surface area contributed by atoms with Gasteiger partial charge in [-0.1, -0.05) is 0 Å². The van der Waals surface area contributed by atoms with Crippen molar-refractivity contribution in [2.75, 3.05) is 26.3 Å². The van der Waals surface area contributed by atoms with Gasteiger partial charge in [-0.25, -0.2) is 4.79 Å². The van der Waals surface area contributed by atoms with Crippen LogP contribution in [-0.4, -0.2) is 65.5 Å². The van der Waals surface area contributed by atoms with Gasteiger partial charge in [0.15, 0.2) is 5.76 Å². The van der Waals surface area contributed by atoms with Crippen LogP contribution in [0.2, 0.25) is 0 Å². The summed E-state index contributed by atoms with van der Waals surface area (Å²) in [6.45, 7) is 2.60. The Morgan fingerprint density at radius 1 is 1.31 bits per heavy atom. The largest absolute Gasteiger partial charge is 0.491 e. The zero-order chi connectivity index (χ0) is 23.2. The van der Waals surface area contributed by atoms with E-state index in [1.807, 2.05) is 17.0 Å². The Balaban J connectivity index is 0.000000360. The molecule has 0 bridgehead atoms. The van der Waals surface area contributed by atoms with E-state index in [4.69, 9.17) is 23.8 Å². The van der Waals surface area contributed by atoms with Gasteiger partial charge in [-0.05, 0) is 43.5 Å². The molecule has 2 aliphatic heterocycles. The maximum Gasteiger partial charge on any atom is 0.490 e. The molecule has 11 heteroatoms. The van der Waals surface area contributed by atoms with E-state index in [0.29, 0.717) is 25.5 Å². The maximum atomic E-state index is 12.7. The lowest BCUT2D eigenvalue weighted by molar-refractivity contribution is -0.192. The number of nitrogens with zero attached hydrogens (tertiary/aromatic N) is 2. The van der Waals surface area contributed by atoms with Crippen LogP contribution in [0.25, 0.3) is 0 Å². The van der Waals surface area contributed by atoms with E-state index < -0.39 is 12.1 Å². The number of rotatable bonds is 4. The van der Waals surface area contributed by atoms with E-state index in [-0.39, 0.29) is 17.4 Å². The molecular weight excluding hydrogens is 433 g/mol. The number of hydrogen-bond donors (Lipinski definition) is 1. The lowest BCUT2D eigenvalue weighted by atomic mass is 9.73. The molecule has 2 aromatic heterocycles. The fourth-order valence-corrected chi connectivity index (χ4v) is 3.89. The van der Waals surface area contributed by atoms with Crippen LogP contribution in [0, 0.1) is 5.41 Å². The van der Waals surface area contributed by atoms with E-state index >= 15 is 0 Å². The molecule has 2 unspecified atom stereocenters. The molecule has 8 nitrogen and oxygen atoms in total. The Morgan fingerprint density at radius 3 is 2.72 bits per heavy atom. The zero-order valence-electron chi connectivity index (χ0n) is 17.1. The summed E-state index contributed by atoms with van der Waals surface area (Å²) in [5, 5.41) is 7.12. The molecule has 4 heterocycles. The van der Waals surface area contributed by atoms with E-state index in [1.54, 1.807) is 24.5 Å². The third-order valence-electron chi connectivity index (χ3n) is 5.41. The Morgan fingerprint density at radius 2 is 2.09 bits per heavy atom. The molecule has 174 valence electrons. The Kier molecular flexibility index (Phi) is 7.39. The van der Waals surface area contributed by atoms with Crippen LogP contribution in [0.5, 0.6) is 5.75 Å². The highest BCUT2D eigenvalue weighted by molar-refractivity contribution is 5.91. The van der Waals surface area contributed by atoms with Crippen LogP contribution in [0.4, 0.5) is 13.2 Å². The number of carbonyl (C=O) groups excluding carboxylic acids is 1. The van der Waals surface area contributed by atoms with Gasteiger partial charge >= 0.3 is 12.1 Å². The van der Waals surface area contributed by atoms with Crippen molar-refractivity contribution in [2.45, 2.75) is 31.5 Å². The van der Waals surface area contributed by atoms with Crippen LogP contribution in [0.15, 0.2) is 47.3 Å². The van der Waals surface area contributed by atoms with Crippen molar-refractivity contribution in [2.24, 2.45) is 5.41 Å². The van der Waals surface area contributed by atoms with Crippen LogP contribution in [0.3, 0.4) is 0 Å². The van der Waals surface area contributed by atoms with E-state index in [1.165, 1.54) is 6.26 Å². The number of aromatic nitrogens is 1. The number of likely N-dealkylation sites (tertiary alicyclic amines) is 1. The number of fused-ring (bicyclic) bond motifs is 1. The average Bonchev–Trinajstić information content (AvgIpc) is 3.32. The summed E-state index contributed by atoms with van der Waals surface area (Å²) in [7, 11) is 0. The van der Waals surface area contributed by atoms with Crippen molar-refractivity contribution in [3.05, 3.63) is 48.7 Å². The highest BCUT2D eigenvalue weighted by Crippen LogP contribution is 2.41. The van der Waals surface area contributed by atoms with E-state index in [2.05, 4.69) is 4.98 Å². The number of pyridine rings is 1. The maximum absolute atomic E-state index is 12.7. The number of carboxylic acid groups (broad SMARTS) is 1. The second-order valence-electron chi connectivity index (χ2n) is 7.60. The minimum Gasteiger partial charge on any atom is -0.491 e. The van der Waals surface area contributed by atoms with Gasteiger partial charge in [0.25, 0.3) is 5.91 Å². The summed E-state index contributed by atoms with van der Waals surface area (Å²) in [5.74, 6) is -1.68. The normalized spacial score (nSPS) is 22.8. The summed E-state index contributed by atoms with van der Waals surface area (Å²) in [4.78, 5) is 27.6. The quantitative estimate of drug-likeness (QED) is 0.752. The fraction of sp³-hybridized carbons (Fsp3) is 0.476. The van der Waals surface area contributed by atoms with Crippen LogP contribution >= 0.6 is 0 Å². The number of hydrogen-bond acceptors (Lipinski definition) is 6. The molecule has 0 aromatic carbocycles. The van der Waals surface area contributed by atoms with Crippen molar-refractivity contribution in [3.8, 4) is 5.75 Å². The predicted octanol–water partition coefficient (Wildman–Crippen LogP) is 3.40. The molecule has 0 saturated carbocycles. The lowest BCUT2D eigenvalue weighted by Gasteiger charge is -2.49. The summed E-state index contributed by atoms with van der Waals surface area (Å²) < 4.78 is 49.1. The molecule has 2 fully saturated rings.